The van der Waals surface area contributed by atoms with Gasteiger partial charge in [0.1, 0.15) is 0 Å². The van der Waals surface area contributed by atoms with Crippen molar-refractivity contribution >= 4 is 50.7 Å². The van der Waals surface area contributed by atoms with Crippen LogP contribution in [-0.4, -0.2) is 28.1 Å². The first-order valence-corrected chi connectivity index (χ1v) is 13.7. The Bertz CT molecular complexity index is 1530. The lowest BCUT2D eigenvalue weighted by molar-refractivity contribution is -0.384. The summed E-state index contributed by atoms with van der Waals surface area (Å²) in [6, 6.07) is 17.6. The highest BCUT2D eigenvalue weighted by atomic mass is 35.5. The fourth-order valence-corrected chi connectivity index (χ4v) is 5.60. The van der Waals surface area contributed by atoms with Crippen LogP contribution in [-0.2, 0) is 22.3 Å². The van der Waals surface area contributed by atoms with E-state index in [-0.39, 0.29) is 23.0 Å². The average molecular weight is 564 g/mol. The molecule has 0 fully saturated rings. The Morgan fingerprint density at radius 1 is 1.06 bits per heavy atom. The van der Waals surface area contributed by atoms with Crippen LogP contribution >= 0.6 is 35.0 Å². The number of halogens is 2. The van der Waals surface area contributed by atoms with Crippen molar-refractivity contribution in [1.29, 1.82) is 0 Å². The molecule has 186 valence electrons. The molecule has 36 heavy (non-hydrogen) atoms. The van der Waals surface area contributed by atoms with Gasteiger partial charge in [0, 0.05) is 22.9 Å². The molecule has 0 radical (unpaired) electrons. The van der Waals surface area contributed by atoms with E-state index in [0.29, 0.717) is 26.6 Å². The van der Waals surface area contributed by atoms with Crippen LogP contribution in [0.4, 0.5) is 5.69 Å². The van der Waals surface area contributed by atoms with E-state index in [1.54, 1.807) is 22.8 Å². The predicted molar refractivity (Wildman–Crippen MR) is 139 cm³/mol. The predicted octanol–water partition coefficient (Wildman–Crippen LogP) is 5.56. The molecule has 3 aromatic carbocycles. The maximum absolute atomic E-state index is 12.8. The van der Waals surface area contributed by atoms with E-state index in [9.17, 15) is 18.5 Å². The maximum atomic E-state index is 12.8. The molecule has 9 nitrogen and oxygen atoms in total. The van der Waals surface area contributed by atoms with Crippen molar-refractivity contribution in [3.05, 3.63) is 104 Å². The molecule has 4 rings (SSSR count). The summed E-state index contributed by atoms with van der Waals surface area (Å²) in [5, 5.41) is 20.7. The highest BCUT2D eigenvalue weighted by molar-refractivity contribution is 7.98. The summed E-state index contributed by atoms with van der Waals surface area (Å²) in [5.41, 5.74) is 2.52. The average Bonchev–Trinajstić information content (AvgIpc) is 3.25. The lowest BCUT2D eigenvalue weighted by atomic mass is 10.2. The van der Waals surface area contributed by atoms with Crippen LogP contribution in [0.25, 0.3) is 5.69 Å². The van der Waals surface area contributed by atoms with Gasteiger partial charge in [0.2, 0.25) is 10.0 Å². The van der Waals surface area contributed by atoms with E-state index in [2.05, 4.69) is 21.0 Å². The SMILES string of the molecule is Cc1cccc(CSc2nnc(CNS(=O)(=O)c3ccc([N+](=O)[O-])cc3)n2-c2cc(Cl)ccc2Cl)c1. The van der Waals surface area contributed by atoms with Gasteiger partial charge in [-0.15, -0.1) is 10.2 Å². The molecule has 1 N–H and O–H groups in total. The Morgan fingerprint density at radius 2 is 1.81 bits per heavy atom. The second-order valence-electron chi connectivity index (χ2n) is 7.68. The molecule has 0 saturated heterocycles. The van der Waals surface area contributed by atoms with Gasteiger partial charge < -0.3 is 0 Å². The maximum Gasteiger partial charge on any atom is 0.269 e. The lowest BCUT2D eigenvalue weighted by Crippen LogP contribution is -2.25. The molecule has 0 atom stereocenters. The number of nitrogens with one attached hydrogen (secondary N) is 1. The highest BCUT2D eigenvalue weighted by Crippen LogP contribution is 2.31. The van der Waals surface area contributed by atoms with Gasteiger partial charge in [-0.25, -0.2) is 13.1 Å². The van der Waals surface area contributed by atoms with Crippen LogP contribution in [0.2, 0.25) is 10.0 Å². The van der Waals surface area contributed by atoms with Crippen molar-refractivity contribution in [1.82, 2.24) is 19.5 Å². The Balaban J connectivity index is 1.63. The number of aryl methyl sites for hydroxylation is 1. The van der Waals surface area contributed by atoms with E-state index < -0.39 is 14.9 Å². The number of nitro benzene ring substituents is 1. The molecule has 0 amide bonds. The summed E-state index contributed by atoms with van der Waals surface area (Å²) in [5.74, 6) is 0.892. The number of aromatic nitrogens is 3. The first-order chi connectivity index (χ1) is 17.1. The summed E-state index contributed by atoms with van der Waals surface area (Å²) in [6.45, 7) is 1.80. The largest absolute Gasteiger partial charge is 0.271 e. The van der Waals surface area contributed by atoms with E-state index in [1.807, 2.05) is 25.1 Å². The Kier molecular flexibility index (Phi) is 7.96. The summed E-state index contributed by atoms with van der Waals surface area (Å²) >= 11 is 14.1. The zero-order valence-corrected chi connectivity index (χ0v) is 21.9. The second kappa shape index (κ2) is 11.0. The van der Waals surface area contributed by atoms with Crippen molar-refractivity contribution in [2.24, 2.45) is 0 Å². The third kappa shape index (κ3) is 6.05. The van der Waals surface area contributed by atoms with Crippen molar-refractivity contribution in [3.63, 3.8) is 0 Å². The number of hydrogen-bond acceptors (Lipinski definition) is 7. The number of nitrogens with zero attached hydrogens (tertiary/aromatic N) is 4. The topological polar surface area (TPSA) is 120 Å². The van der Waals surface area contributed by atoms with Crippen LogP contribution in [0.15, 0.2) is 76.8 Å². The highest BCUT2D eigenvalue weighted by Gasteiger charge is 2.21. The zero-order chi connectivity index (χ0) is 25.9. The molecule has 13 heteroatoms. The van der Waals surface area contributed by atoms with E-state index in [1.165, 1.54) is 23.9 Å². The van der Waals surface area contributed by atoms with Crippen molar-refractivity contribution < 1.29 is 13.3 Å². The fraction of sp³-hybridized carbons (Fsp3) is 0.130. The van der Waals surface area contributed by atoms with Gasteiger partial charge in [-0.2, -0.15) is 0 Å². The number of thioether (sulfide) groups is 1. The first kappa shape index (κ1) is 26.1. The summed E-state index contributed by atoms with van der Waals surface area (Å²) in [6.07, 6.45) is 0. The van der Waals surface area contributed by atoms with Crippen LogP contribution in [0.1, 0.15) is 17.0 Å². The molecule has 0 aliphatic carbocycles. The molecule has 1 aromatic heterocycles. The van der Waals surface area contributed by atoms with Gasteiger partial charge in [0.05, 0.1) is 27.1 Å². The minimum atomic E-state index is -3.99. The monoisotopic (exact) mass is 563 g/mol. The Hall–Kier alpha value is -2.96. The third-order valence-corrected chi connectivity index (χ3v) is 8.05. The molecule has 0 spiro atoms. The number of hydrogen-bond donors (Lipinski definition) is 1. The molecule has 1 heterocycles. The van der Waals surface area contributed by atoms with Crippen LogP contribution in [0, 0.1) is 17.0 Å². The van der Waals surface area contributed by atoms with E-state index in [0.717, 1.165) is 23.3 Å². The van der Waals surface area contributed by atoms with Crippen molar-refractivity contribution in [2.75, 3.05) is 0 Å². The van der Waals surface area contributed by atoms with Gasteiger partial charge in [-0.3, -0.25) is 14.7 Å². The quantitative estimate of drug-likeness (QED) is 0.161. The Labute approximate surface area is 221 Å². The van der Waals surface area contributed by atoms with Gasteiger partial charge >= 0.3 is 0 Å². The number of non-ortho nitro benzene ring substituents is 1. The van der Waals surface area contributed by atoms with Crippen LogP contribution in [0.3, 0.4) is 0 Å². The zero-order valence-electron chi connectivity index (χ0n) is 18.8. The molecule has 0 unspecified atom stereocenters. The number of rotatable bonds is 9. The molecule has 0 bridgehead atoms. The molecule has 0 aliphatic rings. The number of benzene rings is 3. The molecular formula is C23H19Cl2N5O4S2. The van der Waals surface area contributed by atoms with Crippen LogP contribution in [0.5, 0.6) is 0 Å². The van der Waals surface area contributed by atoms with Gasteiger partial charge in [0.25, 0.3) is 5.69 Å². The van der Waals surface area contributed by atoms with Gasteiger partial charge in [0.15, 0.2) is 11.0 Å². The Morgan fingerprint density at radius 3 is 2.50 bits per heavy atom. The van der Waals surface area contributed by atoms with Crippen LogP contribution < -0.4 is 4.72 Å². The van der Waals surface area contributed by atoms with Crippen molar-refractivity contribution in [3.8, 4) is 5.69 Å². The molecule has 0 saturated carbocycles. The second-order valence-corrected chi connectivity index (χ2v) is 11.2. The third-order valence-electron chi connectivity index (χ3n) is 5.08. The van der Waals surface area contributed by atoms with Gasteiger partial charge in [-0.05, 0) is 42.8 Å². The number of nitro groups is 1. The van der Waals surface area contributed by atoms with Gasteiger partial charge in [-0.1, -0.05) is 64.8 Å². The molecular weight excluding hydrogens is 545 g/mol. The van der Waals surface area contributed by atoms with E-state index >= 15 is 0 Å². The minimum Gasteiger partial charge on any atom is -0.271 e. The first-order valence-electron chi connectivity index (χ1n) is 10.5. The van der Waals surface area contributed by atoms with E-state index in [4.69, 9.17) is 23.2 Å². The smallest absolute Gasteiger partial charge is 0.269 e. The lowest BCUT2D eigenvalue weighted by Gasteiger charge is -2.13. The summed E-state index contributed by atoms with van der Waals surface area (Å²) in [4.78, 5) is 10.1. The summed E-state index contributed by atoms with van der Waals surface area (Å²) < 4.78 is 29.8. The minimum absolute atomic E-state index is 0.117. The molecule has 0 aliphatic heterocycles. The number of sulfonamides is 1. The standard InChI is InChI=1S/C23H19Cl2N5O4S2/c1-15-3-2-4-16(11-15)14-35-23-28-27-22(29(23)21-12-17(24)5-10-20(21)25)13-26-36(33,34)19-8-6-18(7-9-19)30(31)32/h2-12,26H,13-14H2,1H3. The normalized spacial score (nSPS) is 11.5. The molecule has 4 aromatic rings. The van der Waals surface area contributed by atoms with Crippen molar-refractivity contribution in [2.45, 2.75) is 29.3 Å². The summed E-state index contributed by atoms with van der Waals surface area (Å²) in [7, 11) is -3.99. The fourth-order valence-electron chi connectivity index (χ4n) is 3.35.